The van der Waals surface area contributed by atoms with Gasteiger partial charge >= 0.3 is 6.18 Å². The first-order chi connectivity index (χ1) is 15.9. The second-order valence-electron chi connectivity index (χ2n) is 7.26. The summed E-state index contributed by atoms with van der Waals surface area (Å²) in [5.74, 6) is -1.66. The van der Waals surface area contributed by atoms with E-state index in [0.717, 1.165) is 33.9 Å². The zero-order chi connectivity index (χ0) is 24.8. The van der Waals surface area contributed by atoms with E-state index < -0.39 is 38.5 Å². The van der Waals surface area contributed by atoms with Crippen LogP contribution < -0.4 is 9.45 Å². The molecule has 0 saturated heterocycles. The molecule has 3 aromatic rings. The zero-order valence-corrected chi connectivity index (χ0v) is 18.4. The molecule has 0 unspecified atom stereocenters. The minimum atomic E-state index is -4.76. The molecule has 1 aromatic heterocycles. The highest BCUT2D eigenvalue weighted by Gasteiger charge is 2.40. The summed E-state index contributed by atoms with van der Waals surface area (Å²) in [6.45, 7) is -0.246. The Bertz CT molecular complexity index is 1440. The molecule has 0 aliphatic carbocycles. The Balaban J connectivity index is 1.71. The first kappa shape index (κ1) is 23.5. The standard InChI is InChI=1S/C21H13ClF3N3O5S/c22-15-6-7-16(26-34(32,33)14-5-1-4-13(9-14)21(23,24)25)18-17(15)19(29)28(20(18)30)11-12-3-2-8-27(31)10-12/h1-10H,11H2,(H-,26,30,31)/p+1. The Morgan fingerprint density at radius 1 is 1.03 bits per heavy atom. The van der Waals surface area contributed by atoms with Gasteiger partial charge in [0.15, 0.2) is 0 Å². The Labute approximate surface area is 195 Å². The summed E-state index contributed by atoms with van der Waals surface area (Å²) in [4.78, 5) is 26.1. The summed E-state index contributed by atoms with van der Waals surface area (Å²) in [5.41, 5.74) is -1.67. The molecule has 2 heterocycles. The van der Waals surface area contributed by atoms with Crippen molar-refractivity contribution in [1.29, 1.82) is 0 Å². The third-order valence-corrected chi connectivity index (χ3v) is 6.65. The number of amides is 2. The van der Waals surface area contributed by atoms with Crippen LogP contribution in [0.1, 0.15) is 31.8 Å². The smallest absolute Gasteiger partial charge is 0.285 e. The van der Waals surface area contributed by atoms with E-state index in [4.69, 9.17) is 11.6 Å². The van der Waals surface area contributed by atoms with Crippen molar-refractivity contribution >= 4 is 39.1 Å². The van der Waals surface area contributed by atoms with E-state index in [0.29, 0.717) is 11.6 Å². The summed E-state index contributed by atoms with van der Waals surface area (Å²) in [6.07, 6.45) is -2.17. The van der Waals surface area contributed by atoms with Gasteiger partial charge in [0.1, 0.15) is 0 Å². The first-order valence-electron chi connectivity index (χ1n) is 9.47. The number of halogens is 4. The lowest BCUT2D eigenvalue weighted by molar-refractivity contribution is -0.905. The van der Waals surface area contributed by atoms with E-state index in [1.165, 1.54) is 24.5 Å². The lowest BCUT2D eigenvalue weighted by Gasteiger charge is -2.14. The van der Waals surface area contributed by atoms with Crippen molar-refractivity contribution in [3.63, 3.8) is 0 Å². The lowest BCUT2D eigenvalue weighted by atomic mass is 10.1. The third kappa shape index (κ3) is 4.29. The van der Waals surface area contributed by atoms with Gasteiger partial charge < -0.3 is 0 Å². The molecule has 2 amide bonds. The number of pyridine rings is 1. The van der Waals surface area contributed by atoms with Crippen LogP contribution in [-0.4, -0.2) is 30.3 Å². The molecule has 0 radical (unpaired) electrons. The van der Waals surface area contributed by atoms with Crippen molar-refractivity contribution in [2.45, 2.75) is 17.6 Å². The number of benzene rings is 2. The van der Waals surface area contributed by atoms with E-state index in [1.807, 2.05) is 0 Å². The predicted octanol–water partition coefficient (Wildman–Crippen LogP) is 3.48. The summed E-state index contributed by atoms with van der Waals surface area (Å²) >= 11 is 6.11. The Kier molecular flexibility index (Phi) is 5.74. The van der Waals surface area contributed by atoms with E-state index in [9.17, 15) is 36.4 Å². The fraction of sp³-hybridized carbons (Fsp3) is 0.0952. The van der Waals surface area contributed by atoms with Crippen molar-refractivity contribution in [2.24, 2.45) is 0 Å². The number of carbonyl (C=O) groups is 2. The number of rotatable bonds is 5. The molecule has 34 heavy (non-hydrogen) atoms. The van der Waals surface area contributed by atoms with Gasteiger partial charge in [-0.25, -0.2) is 8.42 Å². The molecule has 4 rings (SSSR count). The van der Waals surface area contributed by atoms with Gasteiger partial charge in [0.25, 0.3) is 21.8 Å². The summed E-state index contributed by atoms with van der Waals surface area (Å²) < 4.78 is 67.5. The Hall–Kier alpha value is -3.64. The van der Waals surface area contributed by atoms with Crippen molar-refractivity contribution in [2.75, 3.05) is 4.72 Å². The minimum absolute atomic E-state index is 0.108. The monoisotopic (exact) mass is 512 g/mol. The number of aromatic nitrogens is 1. The maximum Gasteiger partial charge on any atom is 0.416 e. The fourth-order valence-corrected chi connectivity index (χ4v) is 4.79. The van der Waals surface area contributed by atoms with Crippen LogP contribution in [-0.2, 0) is 22.7 Å². The topological polar surface area (TPSA) is 108 Å². The van der Waals surface area contributed by atoms with Gasteiger partial charge in [-0.1, -0.05) is 17.7 Å². The maximum atomic E-state index is 13.1. The number of carbonyl (C=O) groups excluding carboxylic acids is 2. The third-order valence-electron chi connectivity index (χ3n) is 4.98. The summed E-state index contributed by atoms with van der Waals surface area (Å²) in [7, 11) is -4.56. The number of hydrogen-bond donors (Lipinski definition) is 2. The van der Waals surface area contributed by atoms with Crippen molar-refractivity contribution in [1.82, 2.24) is 4.90 Å². The molecule has 0 fully saturated rings. The van der Waals surface area contributed by atoms with E-state index in [1.54, 1.807) is 6.07 Å². The quantitative estimate of drug-likeness (QED) is 0.309. The molecule has 8 nitrogen and oxygen atoms in total. The molecule has 0 bridgehead atoms. The number of anilines is 1. The number of alkyl halides is 3. The molecule has 176 valence electrons. The molecule has 0 saturated carbocycles. The molecule has 2 aromatic carbocycles. The van der Waals surface area contributed by atoms with Crippen LogP contribution in [0.2, 0.25) is 5.02 Å². The van der Waals surface area contributed by atoms with Crippen LogP contribution in [0.4, 0.5) is 18.9 Å². The number of nitrogens with zero attached hydrogens (tertiary/aromatic N) is 2. The molecular weight excluding hydrogens is 499 g/mol. The minimum Gasteiger partial charge on any atom is -0.285 e. The molecule has 0 atom stereocenters. The van der Waals surface area contributed by atoms with Gasteiger partial charge in [-0.3, -0.25) is 24.4 Å². The van der Waals surface area contributed by atoms with Crippen molar-refractivity contribution in [3.8, 4) is 0 Å². The number of imide groups is 1. The molecule has 0 spiro atoms. The normalized spacial score (nSPS) is 13.8. The highest BCUT2D eigenvalue weighted by atomic mass is 35.5. The van der Waals surface area contributed by atoms with E-state index in [-0.39, 0.29) is 28.4 Å². The van der Waals surface area contributed by atoms with Crippen LogP contribution in [0.25, 0.3) is 0 Å². The van der Waals surface area contributed by atoms with Gasteiger partial charge in [-0.15, -0.1) is 0 Å². The zero-order valence-electron chi connectivity index (χ0n) is 16.9. The van der Waals surface area contributed by atoms with Gasteiger partial charge in [-0.2, -0.15) is 13.2 Å². The van der Waals surface area contributed by atoms with Crippen LogP contribution in [0.3, 0.4) is 0 Å². The highest BCUT2D eigenvalue weighted by molar-refractivity contribution is 7.92. The second-order valence-corrected chi connectivity index (χ2v) is 9.35. The molecule has 13 heteroatoms. The van der Waals surface area contributed by atoms with Gasteiger partial charge in [0.2, 0.25) is 12.4 Å². The average molecular weight is 513 g/mol. The second kappa shape index (κ2) is 8.29. The van der Waals surface area contributed by atoms with Gasteiger partial charge in [0, 0.05) is 16.4 Å². The average Bonchev–Trinajstić information content (AvgIpc) is 3.01. The number of hydrogen-bond acceptors (Lipinski definition) is 5. The molecule has 1 aliphatic rings. The number of fused-ring (bicyclic) bond motifs is 1. The van der Waals surface area contributed by atoms with E-state index >= 15 is 0 Å². The van der Waals surface area contributed by atoms with Crippen LogP contribution >= 0.6 is 11.6 Å². The van der Waals surface area contributed by atoms with Crippen LogP contribution in [0.15, 0.2) is 65.8 Å². The SMILES string of the molecule is O=C1c2c(Cl)ccc(NS(=O)(=O)c3cccc(C(F)(F)F)c3)c2C(=O)N1Cc1ccc[n+](O)c1. The van der Waals surface area contributed by atoms with Crippen molar-refractivity contribution in [3.05, 3.63) is 88.2 Å². The largest absolute Gasteiger partial charge is 0.416 e. The van der Waals surface area contributed by atoms with Crippen molar-refractivity contribution < 1.29 is 41.1 Å². The lowest BCUT2D eigenvalue weighted by Crippen LogP contribution is -2.33. The Morgan fingerprint density at radius 3 is 2.41 bits per heavy atom. The first-order valence-corrected chi connectivity index (χ1v) is 11.3. The van der Waals surface area contributed by atoms with E-state index in [2.05, 4.69) is 4.72 Å². The summed E-state index contributed by atoms with van der Waals surface area (Å²) in [5, 5.41) is 9.44. The van der Waals surface area contributed by atoms with Crippen LogP contribution in [0, 0.1) is 0 Å². The molecule has 1 aliphatic heterocycles. The predicted molar refractivity (Wildman–Crippen MR) is 112 cm³/mol. The Morgan fingerprint density at radius 2 is 1.74 bits per heavy atom. The number of sulfonamides is 1. The summed E-state index contributed by atoms with van der Waals surface area (Å²) in [6, 6.07) is 8.45. The fourth-order valence-electron chi connectivity index (χ4n) is 3.43. The molecular formula is C21H14ClF3N3O5S+. The van der Waals surface area contributed by atoms with Gasteiger partial charge in [-0.05, 0) is 36.4 Å². The molecule has 2 N–H and O–H groups in total. The van der Waals surface area contributed by atoms with Crippen LogP contribution in [0.5, 0.6) is 0 Å². The highest BCUT2D eigenvalue weighted by Crippen LogP contribution is 2.37. The van der Waals surface area contributed by atoms with Gasteiger partial charge in [0.05, 0.1) is 38.8 Å². The number of nitrogens with one attached hydrogen (secondary N) is 1. The maximum absolute atomic E-state index is 13.1.